The number of nitrogens with zero attached hydrogens (tertiary/aromatic N) is 3. The lowest BCUT2D eigenvalue weighted by atomic mass is 10.3. The third-order valence-corrected chi connectivity index (χ3v) is 3.49. The lowest BCUT2D eigenvalue weighted by Gasteiger charge is -2.22. The van der Waals surface area contributed by atoms with Gasteiger partial charge in [-0.1, -0.05) is 6.92 Å². The molecule has 1 aromatic rings. The SMILES string of the molecule is CCCn1c(N)c(N2CCC(O)C2)c(=O)n(C)c1=O. The fourth-order valence-electron chi connectivity index (χ4n) is 2.45. The highest BCUT2D eigenvalue weighted by Crippen LogP contribution is 2.22. The normalized spacial score (nSPS) is 19.1. The van der Waals surface area contributed by atoms with Gasteiger partial charge in [-0.05, 0) is 12.8 Å². The summed E-state index contributed by atoms with van der Waals surface area (Å²) in [7, 11) is 1.45. The summed E-state index contributed by atoms with van der Waals surface area (Å²) in [6.45, 7) is 3.37. The Hall–Kier alpha value is -1.76. The lowest BCUT2D eigenvalue weighted by molar-refractivity contribution is 0.198. The van der Waals surface area contributed by atoms with Gasteiger partial charge in [0.2, 0.25) is 0 Å². The third-order valence-electron chi connectivity index (χ3n) is 3.49. The van der Waals surface area contributed by atoms with Crippen LogP contribution in [-0.2, 0) is 13.6 Å². The van der Waals surface area contributed by atoms with Crippen LogP contribution in [0.3, 0.4) is 0 Å². The zero-order valence-electron chi connectivity index (χ0n) is 11.3. The number of aliphatic hydroxyl groups excluding tert-OH is 1. The molecule has 0 aromatic carbocycles. The van der Waals surface area contributed by atoms with Gasteiger partial charge in [-0.2, -0.15) is 0 Å². The second-order valence-corrected chi connectivity index (χ2v) is 4.92. The Labute approximate surface area is 110 Å². The molecule has 2 heterocycles. The van der Waals surface area contributed by atoms with Crippen LogP contribution in [0.15, 0.2) is 9.59 Å². The summed E-state index contributed by atoms with van der Waals surface area (Å²) in [5.41, 5.74) is 5.52. The van der Waals surface area contributed by atoms with Crippen LogP contribution in [0.5, 0.6) is 0 Å². The molecule has 106 valence electrons. The standard InChI is InChI=1S/C12H20N4O3/c1-3-5-16-10(13)9(11(18)14(2)12(16)19)15-6-4-8(17)7-15/h8,17H,3-7,13H2,1-2H3. The molecular formula is C12H20N4O3. The maximum atomic E-state index is 12.2. The molecule has 19 heavy (non-hydrogen) atoms. The van der Waals surface area contributed by atoms with Gasteiger partial charge >= 0.3 is 5.69 Å². The van der Waals surface area contributed by atoms with E-state index in [0.29, 0.717) is 31.7 Å². The van der Waals surface area contributed by atoms with Crippen LogP contribution in [0, 0.1) is 0 Å². The first-order valence-corrected chi connectivity index (χ1v) is 6.49. The highest BCUT2D eigenvalue weighted by molar-refractivity contribution is 5.63. The fraction of sp³-hybridized carbons (Fsp3) is 0.667. The average Bonchev–Trinajstić information content (AvgIpc) is 2.79. The Morgan fingerprint density at radius 3 is 2.63 bits per heavy atom. The van der Waals surface area contributed by atoms with E-state index in [1.165, 1.54) is 11.6 Å². The molecule has 1 aliphatic rings. The first kappa shape index (κ1) is 13.7. The maximum Gasteiger partial charge on any atom is 0.332 e. The lowest BCUT2D eigenvalue weighted by Crippen LogP contribution is -2.43. The first-order chi connectivity index (χ1) is 8.97. The number of β-amino-alcohol motifs (C(OH)–C–C–N with tert-alkyl or cyclic N) is 1. The molecule has 1 aliphatic heterocycles. The summed E-state index contributed by atoms with van der Waals surface area (Å²) < 4.78 is 2.49. The molecule has 1 saturated heterocycles. The van der Waals surface area contributed by atoms with E-state index in [9.17, 15) is 14.7 Å². The quantitative estimate of drug-likeness (QED) is 0.742. The van der Waals surface area contributed by atoms with Crippen molar-refractivity contribution >= 4 is 11.5 Å². The van der Waals surface area contributed by atoms with Gasteiger partial charge in [-0.25, -0.2) is 4.79 Å². The van der Waals surface area contributed by atoms with Crippen LogP contribution in [0.1, 0.15) is 19.8 Å². The van der Waals surface area contributed by atoms with E-state index >= 15 is 0 Å². The van der Waals surface area contributed by atoms with Crippen molar-refractivity contribution in [2.24, 2.45) is 7.05 Å². The molecule has 0 spiro atoms. The van der Waals surface area contributed by atoms with Crippen molar-refractivity contribution in [1.29, 1.82) is 0 Å². The summed E-state index contributed by atoms with van der Waals surface area (Å²) in [4.78, 5) is 26.0. The number of nitrogens with two attached hydrogens (primary N) is 1. The van der Waals surface area contributed by atoms with Gasteiger partial charge in [0, 0.05) is 26.7 Å². The molecule has 0 saturated carbocycles. The molecule has 7 heteroatoms. The largest absolute Gasteiger partial charge is 0.391 e. The summed E-state index contributed by atoms with van der Waals surface area (Å²) in [5, 5.41) is 9.58. The topological polar surface area (TPSA) is 93.5 Å². The van der Waals surface area contributed by atoms with Crippen LogP contribution >= 0.6 is 0 Å². The van der Waals surface area contributed by atoms with Crippen LogP contribution in [0.25, 0.3) is 0 Å². The van der Waals surface area contributed by atoms with Gasteiger partial charge in [0.25, 0.3) is 5.56 Å². The molecule has 2 rings (SSSR count). The Morgan fingerprint density at radius 1 is 1.42 bits per heavy atom. The minimum absolute atomic E-state index is 0.198. The van der Waals surface area contributed by atoms with Crippen molar-refractivity contribution in [3.8, 4) is 0 Å². The number of aromatic nitrogens is 2. The van der Waals surface area contributed by atoms with Crippen molar-refractivity contribution in [2.45, 2.75) is 32.4 Å². The van der Waals surface area contributed by atoms with Crippen LogP contribution < -0.4 is 21.9 Å². The molecule has 1 aromatic heterocycles. The number of aliphatic hydroxyl groups is 1. The predicted molar refractivity (Wildman–Crippen MR) is 73.5 cm³/mol. The molecule has 1 unspecified atom stereocenters. The molecule has 0 bridgehead atoms. The van der Waals surface area contributed by atoms with Gasteiger partial charge in [0.15, 0.2) is 0 Å². The van der Waals surface area contributed by atoms with E-state index < -0.39 is 17.4 Å². The summed E-state index contributed by atoms with van der Waals surface area (Å²) in [6.07, 6.45) is 0.913. The monoisotopic (exact) mass is 268 g/mol. The van der Waals surface area contributed by atoms with Crippen molar-refractivity contribution in [3.63, 3.8) is 0 Å². The zero-order valence-corrected chi connectivity index (χ0v) is 11.3. The minimum Gasteiger partial charge on any atom is -0.391 e. The van der Waals surface area contributed by atoms with E-state index in [1.54, 1.807) is 4.90 Å². The average molecular weight is 268 g/mol. The smallest absolute Gasteiger partial charge is 0.332 e. The van der Waals surface area contributed by atoms with E-state index in [4.69, 9.17) is 5.73 Å². The molecule has 7 nitrogen and oxygen atoms in total. The predicted octanol–water partition coefficient (Wildman–Crippen LogP) is -0.890. The van der Waals surface area contributed by atoms with E-state index in [-0.39, 0.29) is 5.82 Å². The van der Waals surface area contributed by atoms with Crippen LogP contribution in [0.2, 0.25) is 0 Å². The van der Waals surface area contributed by atoms with E-state index in [2.05, 4.69) is 0 Å². The van der Waals surface area contributed by atoms with Gasteiger partial charge in [0.05, 0.1) is 6.10 Å². The minimum atomic E-state index is -0.448. The molecular weight excluding hydrogens is 248 g/mol. The van der Waals surface area contributed by atoms with Crippen molar-refractivity contribution < 1.29 is 5.11 Å². The summed E-state index contributed by atoms with van der Waals surface area (Å²) >= 11 is 0. The van der Waals surface area contributed by atoms with Gasteiger partial charge in [0.1, 0.15) is 11.5 Å². The number of nitrogen functional groups attached to an aromatic ring is 1. The zero-order chi connectivity index (χ0) is 14.2. The Balaban J connectivity index is 2.60. The fourth-order valence-corrected chi connectivity index (χ4v) is 2.45. The number of hydrogen-bond donors (Lipinski definition) is 2. The van der Waals surface area contributed by atoms with Crippen molar-refractivity contribution in [2.75, 3.05) is 23.7 Å². The highest BCUT2D eigenvalue weighted by atomic mass is 16.3. The summed E-state index contributed by atoms with van der Waals surface area (Å²) in [5.74, 6) is 0.198. The Morgan fingerprint density at radius 2 is 2.11 bits per heavy atom. The van der Waals surface area contributed by atoms with Crippen LogP contribution in [0.4, 0.5) is 11.5 Å². The first-order valence-electron chi connectivity index (χ1n) is 6.49. The number of hydrogen-bond acceptors (Lipinski definition) is 5. The third kappa shape index (κ3) is 2.25. The van der Waals surface area contributed by atoms with Gasteiger partial charge < -0.3 is 15.7 Å². The maximum absolute atomic E-state index is 12.2. The number of anilines is 2. The van der Waals surface area contributed by atoms with Gasteiger partial charge in [-0.3, -0.25) is 13.9 Å². The molecule has 0 amide bonds. The molecule has 1 fully saturated rings. The van der Waals surface area contributed by atoms with E-state index in [0.717, 1.165) is 11.0 Å². The highest BCUT2D eigenvalue weighted by Gasteiger charge is 2.26. The van der Waals surface area contributed by atoms with Crippen molar-refractivity contribution in [1.82, 2.24) is 9.13 Å². The van der Waals surface area contributed by atoms with E-state index in [1.807, 2.05) is 6.92 Å². The molecule has 3 N–H and O–H groups in total. The Kier molecular flexibility index (Phi) is 3.66. The Bertz CT molecular complexity index is 590. The van der Waals surface area contributed by atoms with Gasteiger partial charge in [-0.15, -0.1) is 0 Å². The molecule has 1 atom stereocenters. The van der Waals surface area contributed by atoms with Crippen molar-refractivity contribution in [3.05, 3.63) is 20.8 Å². The second-order valence-electron chi connectivity index (χ2n) is 4.92. The molecule has 0 radical (unpaired) electrons. The molecule has 0 aliphatic carbocycles. The number of rotatable bonds is 3. The summed E-state index contributed by atoms with van der Waals surface area (Å²) in [6, 6.07) is 0. The second kappa shape index (κ2) is 5.08. The van der Waals surface area contributed by atoms with Crippen LogP contribution in [-0.4, -0.2) is 33.4 Å².